The van der Waals surface area contributed by atoms with Crippen LogP contribution in [0.5, 0.6) is 0 Å². The quantitative estimate of drug-likeness (QED) is 0.407. The summed E-state index contributed by atoms with van der Waals surface area (Å²) in [5, 5.41) is 11.3. The Morgan fingerprint density at radius 2 is 1.86 bits per heavy atom. The van der Waals surface area contributed by atoms with Crippen molar-refractivity contribution in [3.05, 3.63) is 75.7 Å². The molecule has 0 saturated carbocycles. The highest BCUT2D eigenvalue weighted by atomic mass is 32.1. The number of amides is 1. The van der Waals surface area contributed by atoms with Gasteiger partial charge < -0.3 is 9.52 Å². The Bertz CT molecular complexity index is 1070. The second-order valence-corrected chi connectivity index (χ2v) is 7.87. The molecule has 3 aromatic rings. The third kappa shape index (κ3) is 2.84. The third-order valence-corrected chi connectivity index (χ3v) is 5.88. The first kappa shape index (κ1) is 18.2. The number of thiazole rings is 1. The number of aliphatic hydroxyl groups is 1. The standard InChI is InChI=1S/C21H18N2O4S/c1-11-6-8-14(9-7-11)18(24)16-17(15-5-4-10-27-15)23(20(26)19(16)25)21-22-12(2)13(3)28-21/h4-10,17,24H,1-3H3/b18-16-. The molecule has 1 aliphatic rings. The number of Topliss-reactive ketones (excluding diaryl/α,β-unsaturated/α-hetero) is 1. The normalized spacial score (nSPS) is 18.8. The summed E-state index contributed by atoms with van der Waals surface area (Å²) in [6.07, 6.45) is 1.47. The van der Waals surface area contributed by atoms with E-state index in [0.29, 0.717) is 16.5 Å². The minimum absolute atomic E-state index is 0.00527. The van der Waals surface area contributed by atoms with Crippen molar-refractivity contribution in [3.63, 3.8) is 0 Å². The van der Waals surface area contributed by atoms with E-state index in [2.05, 4.69) is 4.98 Å². The molecule has 1 N–H and O–H groups in total. The zero-order valence-electron chi connectivity index (χ0n) is 15.6. The Hall–Kier alpha value is -3.19. The van der Waals surface area contributed by atoms with Gasteiger partial charge in [-0.05, 0) is 32.9 Å². The molecule has 1 aliphatic heterocycles. The van der Waals surface area contributed by atoms with Gasteiger partial charge in [0.25, 0.3) is 5.78 Å². The summed E-state index contributed by atoms with van der Waals surface area (Å²) in [4.78, 5) is 32.5. The molecular formula is C21H18N2O4S. The largest absolute Gasteiger partial charge is 0.507 e. The van der Waals surface area contributed by atoms with Gasteiger partial charge in [-0.15, -0.1) is 11.3 Å². The van der Waals surface area contributed by atoms with E-state index >= 15 is 0 Å². The van der Waals surface area contributed by atoms with Crippen molar-refractivity contribution in [2.24, 2.45) is 0 Å². The number of aromatic nitrogens is 1. The number of carbonyl (C=O) groups is 2. The van der Waals surface area contributed by atoms with Crippen molar-refractivity contribution in [2.45, 2.75) is 26.8 Å². The Morgan fingerprint density at radius 3 is 2.43 bits per heavy atom. The van der Waals surface area contributed by atoms with Gasteiger partial charge in [0.1, 0.15) is 17.6 Å². The highest BCUT2D eigenvalue weighted by Gasteiger charge is 2.49. The summed E-state index contributed by atoms with van der Waals surface area (Å²) in [6.45, 7) is 5.68. The van der Waals surface area contributed by atoms with Crippen LogP contribution in [0.25, 0.3) is 5.76 Å². The van der Waals surface area contributed by atoms with Crippen LogP contribution in [0.15, 0.2) is 52.7 Å². The van der Waals surface area contributed by atoms with Crippen LogP contribution < -0.4 is 4.90 Å². The lowest BCUT2D eigenvalue weighted by atomic mass is 9.99. The molecule has 0 bridgehead atoms. The molecule has 2 aromatic heterocycles. The van der Waals surface area contributed by atoms with Crippen molar-refractivity contribution in [3.8, 4) is 0 Å². The molecule has 1 atom stereocenters. The number of ketones is 1. The van der Waals surface area contributed by atoms with Gasteiger partial charge in [-0.1, -0.05) is 29.8 Å². The van der Waals surface area contributed by atoms with Crippen LogP contribution in [0.4, 0.5) is 5.13 Å². The maximum atomic E-state index is 12.9. The van der Waals surface area contributed by atoms with Gasteiger partial charge >= 0.3 is 5.91 Å². The summed E-state index contributed by atoms with van der Waals surface area (Å²) >= 11 is 1.33. The predicted molar refractivity (Wildman–Crippen MR) is 106 cm³/mol. The minimum atomic E-state index is -0.874. The molecule has 1 unspecified atom stereocenters. The Morgan fingerprint density at radius 1 is 1.14 bits per heavy atom. The predicted octanol–water partition coefficient (Wildman–Crippen LogP) is 4.29. The Labute approximate surface area is 165 Å². The van der Waals surface area contributed by atoms with Crippen LogP contribution in [0.2, 0.25) is 0 Å². The molecule has 6 nitrogen and oxygen atoms in total. The van der Waals surface area contributed by atoms with E-state index in [4.69, 9.17) is 4.42 Å². The lowest BCUT2D eigenvalue weighted by Gasteiger charge is -2.20. The SMILES string of the molecule is Cc1ccc(/C(O)=C2/C(=O)C(=O)N(c3nc(C)c(C)s3)C2c2ccco2)cc1. The molecule has 1 amide bonds. The molecule has 0 spiro atoms. The molecule has 1 saturated heterocycles. The summed E-state index contributed by atoms with van der Waals surface area (Å²) < 4.78 is 5.52. The second kappa shape index (κ2) is 6.76. The highest BCUT2D eigenvalue weighted by Crippen LogP contribution is 2.43. The molecule has 0 aliphatic carbocycles. The number of aryl methyl sites for hydroxylation is 3. The third-order valence-electron chi connectivity index (χ3n) is 4.81. The molecule has 0 radical (unpaired) electrons. The van der Waals surface area contributed by atoms with Crippen LogP contribution in [-0.4, -0.2) is 21.8 Å². The van der Waals surface area contributed by atoms with Crippen molar-refractivity contribution in [1.82, 2.24) is 4.98 Å². The smallest absolute Gasteiger partial charge is 0.302 e. The van der Waals surface area contributed by atoms with Gasteiger partial charge in [-0.3, -0.25) is 14.5 Å². The molecule has 4 rings (SSSR count). The maximum Gasteiger partial charge on any atom is 0.302 e. The van der Waals surface area contributed by atoms with Crippen LogP contribution in [-0.2, 0) is 9.59 Å². The van der Waals surface area contributed by atoms with E-state index in [9.17, 15) is 14.7 Å². The first-order chi connectivity index (χ1) is 13.4. The molecule has 7 heteroatoms. The number of furan rings is 1. The van der Waals surface area contributed by atoms with Crippen LogP contribution in [0, 0.1) is 20.8 Å². The van der Waals surface area contributed by atoms with Crippen molar-refractivity contribution < 1.29 is 19.1 Å². The maximum absolute atomic E-state index is 12.9. The van der Waals surface area contributed by atoms with Gasteiger partial charge in [0.2, 0.25) is 0 Å². The number of nitrogens with zero attached hydrogens (tertiary/aromatic N) is 2. The average Bonchev–Trinajstić information content (AvgIpc) is 3.36. The fourth-order valence-corrected chi connectivity index (χ4v) is 4.11. The number of benzene rings is 1. The summed E-state index contributed by atoms with van der Waals surface area (Å²) in [5.74, 6) is -1.33. The van der Waals surface area contributed by atoms with E-state index in [1.165, 1.54) is 22.5 Å². The van der Waals surface area contributed by atoms with Crippen LogP contribution in [0.3, 0.4) is 0 Å². The van der Waals surface area contributed by atoms with Gasteiger partial charge in [0.05, 0.1) is 17.5 Å². The van der Waals surface area contributed by atoms with E-state index in [1.807, 2.05) is 32.9 Å². The molecule has 1 aromatic carbocycles. The highest BCUT2D eigenvalue weighted by molar-refractivity contribution is 7.16. The summed E-state index contributed by atoms with van der Waals surface area (Å²) in [5.41, 5.74) is 2.27. The fraction of sp³-hybridized carbons (Fsp3) is 0.190. The zero-order chi connectivity index (χ0) is 20.0. The van der Waals surface area contributed by atoms with E-state index < -0.39 is 17.7 Å². The first-order valence-electron chi connectivity index (χ1n) is 8.74. The van der Waals surface area contributed by atoms with Gasteiger partial charge in [0, 0.05) is 10.4 Å². The summed E-state index contributed by atoms with van der Waals surface area (Å²) in [6, 6.07) is 9.59. The van der Waals surface area contributed by atoms with E-state index in [0.717, 1.165) is 16.1 Å². The molecular weight excluding hydrogens is 376 g/mol. The van der Waals surface area contributed by atoms with Crippen molar-refractivity contribution >= 4 is 33.9 Å². The van der Waals surface area contributed by atoms with E-state index in [-0.39, 0.29) is 11.3 Å². The topological polar surface area (TPSA) is 83.6 Å². The monoisotopic (exact) mass is 394 g/mol. The number of carbonyl (C=O) groups excluding carboxylic acids is 2. The molecule has 28 heavy (non-hydrogen) atoms. The lowest BCUT2D eigenvalue weighted by molar-refractivity contribution is -0.132. The number of rotatable bonds is 3. The fourth-order valence-electron chi connectivity index (χ4n) is 3.17. The Balaban J connectivity index is 1.92. The van der Waals surface area contributed by atoms with Crippen LogP contribution >= 0.6 is 11.3 Å². The number of aliphatic hydroxyl groups excluding tert-OH is 1. The van der Waals surface area contributed by atoms with Crippen LogP contribution in [0.1, 0.15) is 33.5 Å². The number of hydrogen-bond acceptors (Lipinski definition) is 6. The molecule has 1 fully saturated rings. The zero-order valence-corrected chi connectivity index (χ0v) is 16.4. The lowest BCUT2D eigenvalue weighted by Crippen LogP contribution is -2.29. The minimum Gasteiger partial charge on any atom is -0.507 e. The summed E-state index contributed by atoms with van der Waals surface area (Å²) in [7, 11) is 0. The van der Waals surface area contributed by atoms with Gasteiger partial charge in [0.15, 0.2) is 5.13 Å². The average molecular weight is 394 g/mol. The molecule has 3 heterocycles. The molecule has 142 valence electrons. The van der Waals surface area contributed by atoms with Gasteiger partial charge in [-0.25, -0.2) is 4.98 Å². The first-order valence-corrected chi connectivity index (χ1v) is 9.55. The Kier molecular flexibility index (Phi) is 4.39. The van der Waals surface area contributed by atoms with E-state index in [1.54, 1.807) is 24.3 Å². The van der Waals surface area contributed by atoms with Crippen molar-refractivity contribution in [2.75, 3.05) is 4.90 Å². The van der Waals surface area contributed by atoms with Crippen molar-refractivity contribution in [1.29, 1.82) is 0 Å². The van der Waals surface area contributed by atoms with Gasteiger partial charge in [-0.2, -0.15) is 0 Å². The number of anilines is 1. The number of hydrogen-bond donors (Lipinski definition) is 1. The second-order valence-electron chi connectivity index (χ2n) is 6.69.